The van der Waals surface area contributed by atoms with Crippen LogP contribution >= 0.6 is 0 Å². The molecule has 3 rings (SSSR count). The monoisotopic (exact) mass is 373 g/mol. The van der Waals surface area contributed by atoms with Crippen LogP contribution in [0.2, 0.25) is 0 Å². The van der Waals surface area contributed by atoms with Crippen molar-refractivity contribution in [3.8, 4) is 0 Å². The van der Waals surface area contributed by atoms with Gasteiger partial charge in [0.2, 0.25) is 0 Å². The number of hydrogen-bond donors (Lipinski definition) is 2. The van der Waals surface area contributed by atoms with Gasteiger partial charge in [-0.05, 0) is 42.8 Å². The van der Waals surface area contributed by atoms with Crippen LogP contribution in [0.5, 0.6) is 0 Å². The molecule has 3 aromatic rings. The summed E-state index contributed by atoms with van der Waals surface area (Å²) < 4.78 is 37.8. The summed E-state index contributed by atoms with van der Waals surface area (Å²) in [5.74, 6) is -1.19. The van der Waals surface area contributed by atoms with Gasteiger partial charge in [-0.1, -0.05) is 6.07 Å². The molecule has 3 N–H and O–H groups in total. The second-order valence-corrected chi connectivity index (χ2v) is 7.96. The third-order valence-corrected chi connectivity index (χ3v) is 4.95. The minimum atomic E-state index is -3.55. The normalized spacial score (nSPS) is 11.5. The van der Waals surface area contributed by atoms with Crippen LogP contribution in [0, 0.1) is 12.7 Å². The number of aryl methyl sites for hydroxylation is 1. The molecule has 26 heavy (non-hydrogen) atoms. The Morgan fingerprint density at radius 3 is 2.58 bits per heavy atom. The van der Waals surface area contributed by atoms with E-state index in [1.54, 1.807) is 19.1 Å². The highest BCUT2D eigenvalue weighted by Crippen LogP contribution is 2.33. The fourth-order valence-electron chi connectivity index (χ4n) is 2.72. The van der Waals surface area contributed by atoms with Crippen molar-refractivity contribution in [2.24, 2.45) is 5.73 Å². The number of nitrogens with one attached hydrogen (secondary N) is 1. The Morgan fingerprint density at radius 2 is 1.96 bits per heavy atom. The number of fused-ring (bicyclic) bond motifs is 1. The second kappa shape index (κ2) is 6.38. The molecule has 2 aromatic carbocycles. The van der Waals surface area contributed by atoms with E-state index in [1.807, 2.05) is 0 Å². The lowest BCUT2D eigenvalue weighted by molar-refractivity contribution is 0.100. The molecule has 0 spiro atoms. The smallest absolute Gasteiger partial charge is 0.252 e. The zero-order valence-electron chi connectivity index (χ0n) is 14.1. The fourth-order valence-corrected chi connectivity index (χ4v) is 3.64. The van der Waals surface area contributed by atoms with Crippen LogP contribution in [0.3, 0.4) is 0 Å². The number of carbonyl (C=O) groups is 1. The number of nitrogens with two attached hydrogens (primary N) is 1. The summed E-state index contributed by atoms with van der Waals surface area (Å²) in [4.78, 5) is 16.0. The van der Waals surface area contributed by atoms with Crippen molar-refractivity contribution in [2.75, 3.05) is 11.6 Å². The van der Waals surface area contributed by atoms with Crippen molar-refractivity contribution in [3.05, 3.63) is 59.5 Å². The molecule has 0 fully saturated rings. The summed E-state index contributed by atoms with van der Waals surface area (Å²) in [5.41, 5.74) is 7.07. The molecule has 1 heterocycles. The minimum Gasteiger partial charge on any atom is -0.365 e. The first-order chi connectivity index (χ1) is 12.2. The maximum atomic E-state index is 13.5. The zero-order valence-corrected chi connectivity index (χ0v) is 14.9. The van der Waals surface area contributed by atoms with Gasteiger partial charge in [0.05, 0.1) is 21.7 Å². The van der Waals surface area contributed by atoms with Gasteiger partial charge in [0.1, 0.15) is 5.82 Å². The molecule has 0 atom stereocenters. The number of amides is 1. The number of primary amides is 1. The van der Waals surface area contributed by atoms with Gasteiger partial charge in [-0.15, -0.1) is 0 Å². The van der Waals surface area contributed by atoms with E-state index >= 15 is 0 Å². The average Bonchev–Trinajstić information content (AvgIpc) is 2.53. The molecule has 0 saturated carbocycles. The predicted molar refractivity (Wildman–Crippen MR) is 97.8 cm³/mol. The summed E-state index contributed by atoms with van der Waals surface area (Å²) in [7, 11) is -3.55. The maximum absolute atomic E-state index is 13.5. The topological polar surface area (TPSA) is 102 Å². The number of aromatic nitrogens is 1. The molecule has 0 saturated heterocycles. The largest absolute Gasteiger partial charge is 0.365 e. The fraction of sp³-hybridized carbons (Fsp3) is 0.111. The number of nitrogens with zero attached hydrogens (tertiary/aromatic N) is 1. The van der Waals surface area contributed by atoms with Gasteiger partial charge in [0.25, 0.3) is 5.91 Å². The second-order valence-electron chi connectivity index (χ2n) is 5.98. The lowest BCUT2D eigenvalue weighted by Crippen LogP contribution is -2.14. The molecule has 0 aliphatic carbocycles. The molecule has 8 heteroatoms. The van der Waals surface area contributed by atoms with E-state index in [-0.39, 0.29) is 21.7 Å². The molecular formula is C18H16FN3O3S. The Hall–Kier alpha value is -3.00. The van der Waals surface area contributed by atoms with E-state index in [0.29, 0.717) is 16.6 Å². The Bertz CT molecular complexity index is 1140. The summed E-state index contributed by atoms with van der Waals surface area (Å²) in [5, 5.41) is 3.38. The van der Waals surface area contributed by atoms with Gasteiger partial charge < -0.3 is 11.1 Å². The van der Waals surface area contributed by atoms with Gasteiger partial charge in [0, 0.05) is 23.5 Å². The Labute approximate surface area is 149 Å². The summed E-state index contributed by atoms with van der Waals surface area (Å²) in [6.45, 7) is 1.73. The number of carbonyl (C=O) groups excluding carboxylic acids is 1. The average molecular weight is 373 g/mol. The molecule has 0 bridgehead atoms. The molecule has 1 amide bonds. The Kier molecular flexibility index (Phi) is 4.37. The van der Waals surface area contributed by atoms with Crippen LogP contribution in [0.1, 0.15) is 15.9 Å². The van der Waals surface area contributed by atoms with Gasteiger partial charge in [0.15, 0.2) is 9.84 Å². The van der Waals surface area contributed by atoms with Crippen molar-refractivity contribution < 1.29 is 17.6 Å². The highest BCUT2D eigenvalue weighted by atomic mass is 32.2. The molecular weight excluding hydrogens is 357 g/mol. The SMILES string of the molecule is Cc1cc(S(C)(=O)=O)c2ncc(C(N)=O)c(Nc3cccc(F)c3)c2c1. The van der Waals surface area contributed by atoms with Gasteiger partial charge >= 0.3 is 0 Å². The molecule has 0 aliphatic rings. The highest BCUT2D eigenvalue weighted by molar-refractivity contribution is 7.91. The number of sulfone groups is 1. The van der Waals surface area contributed by atoms with Crippen LogP contribution in [0.15, 0.2) is 47.5 Å². The number of hydrogen-bond acceptors (Lipinski definition) is 5. The molecule has 1 aromatic heterocycles. The highest BCUT2D eigenvalue weighted by Gasteiger charge is 2.20. The lowest BCUT2D eigenvalue weighted by atomic mass is 10.1. The molecule has 0 unspecified atom stereocenters. The predicted octanol–water partition coefficient (Wildman–Crippen LogP) is 2.93. The van der Waals surface area contributed by atoms with E-state index in [4.69, 9.17) is 5.73 Å². The Balaban J connectivity index is 2.36. The van der Waals surface area contributed by atoms with E-state index < -0.39 is 21.6 Å². The number of benzene rings is 2. The van der Waals surface area contributed by atoms with Crippen molar-refractivity contribution in [1.82, 2.24) is 4.98 Å². The van der Waals surface area contributed by atoms with Crippen LogP contribution in [0.4, 0.5) is 15.8 Å². The third kappa shape index (κ3) is 3.36. The van der Waals surface area contributed by atoms with E-state index in [1.165, 1.54) is 30.5 Å². The zero-order chi connectivity index (χ0) is 19.1. The van der Waals surface area contributed by atoms with Gasteiger partial charge in [-0.2, -0.15) is 0 Å². The van der Waals surface area contributed by atoms with Gasteiger partial charge in [-0.3, -0.25) is 9.78 Å². The van der Waals surface area contributed by atoms with Crippen LogP contribution < -0.4 is 11.1 Å². The summed E-state index contributed by atoms with van der Waals surface area (Å²) >= 11 is 0. The van der Waals surface area contributed by atoms with E-state index in [0.717, 1.165) is 6.26 Å². The first-order valence-electron chi connectivity index (χ1n) is 7.62. The minimum absolute atomic E-state index is 0.0470. The molecule has 6 nitrogen and oxygen atoms in total. The van der Waals surface area contributed by atoms with Crippen LogP contribution in [-0.2, 0) is 9.84 Å². The van der Waals surface area contributed by atoms with Crippen molar-refractivity contribution in [1.29, 1.82) is 0 Å². The molecule has 0 aliphatic heterocycles. The Morgan fingerprint density at radius 1 is 1.23 bits per heavy atom. The van der Waals surface area contributed by atoms with Crippen LogP contribution in [0.25, 0.3) is 10.9 Å². The van der Waals surface area contributed by atoms with Crippen molar-refractivity contribution in [3.63, 3.8) is 0 Å². The quantitative estimate of drug-likeness (QED) is 0.732. The molecule has 134 valence electrons. The van der Waals surface area contributed by atoms with Gasteiger partial charge in [-0.25, -0.2) is 12.8 Å². The van der Waals surface area contributed by atoms with Crippen LogP contribution in [-0.4, -0.2) is 25.6 Å². The first kappa shape index (κ1) is 17.8. The van der Waals surface area contributed by atoms with E-state index in [9.17, 15) is 17.6 Å². The number of anilines is 2. The summed E-state index contributed by atoms with van der Waals surface area (Å²) in [6, 6.07) is 8.89. The summed E-state index contributed by atoms with van der Waals surface area (Å²) in [6.07, 6.45) is 2.31. The maximum Gasteiger partial charge on any atom is 0.252 e. The van der Waals surface area contributed by atoms with Crippen molar-refractivity contribution >= 4 is 38.0 Å². The number of rotatable bonds is 4. The first-order valence-corrected chi connectivity index (χ1v) is 9.52. The third-order valence-electron chi connectivity index (χ3n) is 3.84. The standard InChI is InChI=1S/C18H16FN3O3S/c1-10-6-13-16(22-12-5-3-4-11(19)8-12)14(18(20)23)9-21-17(13)15(7-10)26(2,24)25/h3-9H,1-2H3,(H2,20,23)(H,21,22). The lowest BCUT2D eigenvalue weighted by Gasteiger charge is -2.15. The molecule has 0 radical (unpaired) electrons. The van der Waals surface area contributed by atoms with Crippen molar-refractivity contribution in [2.45, 2.75) is 11.8 Å². The van der Waals surface area contributed by atoms with E-state index in [2.05, 4.69) is 10.3 Å². The number of halogens is 1. The number of pyridine rings is 1.